The van der Waals surface area contributed by atoms with E-state index in [-0.39, 0.29) is 6.61 Å². The number of nitrogens with zero attached hydrogens (tertiary/aromatic N) is 1. The summed E-state index contributed by atoms with van der Waals surface area (Å²) in [7, 11) is 1.53. The molecule has 0 saturated heterocycles. The second kappa shape index (κ2) is 6.36. The topological polar surface area (TPSA) is 71.8 Å². The number of aliphatic hydroxyl groups excluding tert-OH is 2. The standard InChI is InChI=1S/C15H17NO4/c1-10(18)12-5-6-16-15(8-12)20-13-4-3-11(9-17)7-14(13)19-2/h3-8,10,17-18H,9H2,1-2H3/t10-/m1/s1. The van der Waals surface area contributed by atoms with Crippen LogP contribution in [0, 0.1) is 0 Å². The Hall–Kier alpha value is -2.11. The van der Waals surface area contributed by atoms with Gasteiger partial charge in [0.15, 0.2) is 11.5 Å². The molecule has 0 saturated carbocycles. The molecular formula is C15H17NO4. The van der Waals surface area contributed by atoms with E-state index in [1.807, 2.05) is 0 Å². The smallest absolute Gasteiger partial charge is 0.219 e. The highest BCUT2D eigenvalue weighted by Gasteiger charge is 2.09. The molecule has 2 rings (SSSR count). The number of hydrogen-bond acceptors (Lipinski definition) is 5. The van der Waals surface area contributed by atoms with Crippen molar-refractivity contribution in [2.24, 2.45) is 0 Å². The largest absolute Gasteiger partial charge is 0.493 e. The molecule has 0 spiro atoms. The minimum Gasteiger partial charge on any atom is -0.493 e. The number of hydrogen-bond donors (Lipinski definition) is 2. The highest BCUT2D eigenvalue weighted by molar-refractivity contribution is 5.44. The zero-order valence-electron chi connectivity index (χ0n) is 11.4. The first kappa shape index (κ1) is 14.3. The second-order valence-corrected chi connectivity index (χ2v) is 4.35. The van der Waals surface area contributed by atoms with E-state index in [4.69, 9.17) is 14.6 Å². The third-order valence-electron chi connectivity index (χ3n) is 2.87. The molecule has 1 aromatic carbocycles. The predicted octanol–water partition coefficient (Wildman–Crippen LogP) is 2.43. The summed E-state index contributed by atoms with van der Waals surface area (Å²) in [5, 5.41) is 18.6. The Morgan fingerprint density at radius 3 is 2.65 bits per heavy atom. The van der Waals surface area contributed by atoms with Gasteiger partial charge in [0.25, 0.3) is 0 Å². The molecule has 1 aromatic heterocycles. The summed E-state index contributed by atoms with van der Waals surface area (Å²) in [6.45, 7) is 1.61. The number of methoxy groups -OCH3 is 1. The Bertz CT molecular complexity index is 584. The van der Waals surface area contributed by atoms with E-state index in [1.165, 1.54) is 7.11 Å². The van der Waals surface area contributed by atoms with Crippen molar-refractivity contribution >= 4 is 0 Å². The van der Waals surface area contributed by atoms with Crippen molar-refractivity contribution in [1.29, 1.82) is 0 Å². The molecule has 0 aliphatic heterocycles. The van der Waals surface area contributed by atoms with Gasteiger partial charge in [0.05, 0.1) is 19.8 Å². The fourth-order valence-electron chi connectivity index (χ4n) is 1.75. The molecule has 5 heteroatoms. The van der Waals surface area contributed by atoms with Gasteiger partial charge in [0.1, 0.15) is 0 Å². The van der Waals surface area contributed by atoms with Gasteiger partial charge >= 0.3 is 0 Å². The first-order valence-corrected chi connectivity index (χ1v) is 6.23. The average molecular weight is 275 g/mol. The Kier molecular flexibility index (Phi) is 4.55. The molecule has 0 amide bonds. The molecule has 5 nitrogen and oxygen atoms in total. The third-order valence-corrected chi connectivity index (χ3v) is 2.87. The molecular weight excluding hydrogens is 258 g/mol. The van der Waals surface area contributed by atoms with Crippen LogP contribution in [-0.2, 0) is 6.61 Å². The summed E-state index contributed by atoms with van der Waals surface area (Å²) in [5.74, 6) is 1.39. The van der Waals surface area contributed by atoms with Crippen LogP contribution >= 0.6 is 0 Å². The summed E-state index contributed by atoms with van der Waals surface area (Å²) in [6, 6.07) is 8.55. The van der Waals surface area contributed by atoms with Gasteiger partial charge in [-0.25, -0.2) is 4.98 Å². The van der Waals surface area contributed by atoms with Crippen molar-refractivity contribution < 1.29 is 19.7 Å². The van der Waals surface area contributed by atoms with Crippen molar-refractivity contribution in [2.45, 2.75) is 19.6 Å². The van der Waals surface area contributed by atoms with Gasteiger partial charge in [-0.2, -0.15) is 0 Å². The van der Waals surface area contributed by atoms with Crippen LogP contribution in [0.5, 0.6) is 17.4 Å². The van der Waals surface area contributed by atoms with Gasteiger partial charge in [-0.05, 0) is 36.2 Å². The van der Waals surface area contributed by atoms with Crippen molar-refractivity contribution in [2.75, 3.05) is 7.11 Å². The Morgan fingerprint density at radius 1 is 1.20 bits per heavy atom. The molecule has 0 fully saturated rings. The lowest BCUT2D eigenvalue weighted by Gasteiger charge is -2.12. The van der Waals surface area contributed by atoms with Gasteiger partial charge < -0.3 is 19.7 Å². The molecule has 1 atom stereocenters. The minimum atomic E-state index is -0.584. The van der Waals surface area contributed by atoms with Gasteiger partial charge in [-0.3, -0.25) is 0 Å². The molecule has 20 heavy (non-hydrogen) atoms. The lowest BCUT2D eigenvalue weighted by atomic mass is 10.2. The fraction of sp³-hybridized carbons (Fsp3) is 0.267. The quantitative estimate of drug-likeness (QED) is 0.876. The highest BCUT2D eigenvalue weighted by Crippen LogP contribution is 2.32. The zero-order valence-corrected chi connectivity index (χ0v) is 11.4. The maximum absolute atomic E-state index is 9.55. The van der Waals surface area contributed by atoms with Crippen LogP contribution in [0.4, 0.5) is 0 Å². The molecule has 0 radical (unpaired) electrons. The van der Waals surface area contributed by atoms with E-state index in [9.17, 15) is 5.11 Å². The average Bonchev–Trinajstić information content (AvgIpc) is 2.48. The van der Waals surface area contributed by atoms with Crippen molar-refractivity contribution in [3.8, 4) is 17.4 Å². The van der Waals surface area contributed by atoms with E-state index in [2.05, 4.69) is 4.98 Å². The minimum absolute atomic E-state index is 0.0631. The lowest BCUT2D eigenvalue weighted by molar-refractivity contribution is 0.198. The maximum Gasteiger partial charge on any atom is 0.219 e. The molecule has 2 aromatic rings. The number of pyridine rings is 1. The maximum atomic E-state index is 9.55. The second-order valence-electron chi connectivity index (χ2n) is 4.35. The van der Waals surface area contributed by atoms with E-state index in [0.29, 0.717) is 17.4 Å². The van der Waals surface area contributed by atoms with E-state index < -0.39 is 6.10 Å². The molecule has 0 bridgehead atoms. The van der Waals surface area contributed by atoms with Crippen LogP contribution in [0.25, 0.3) is 0 Å². The summed E-state index contributed by atoms with van der Waals surface area (Å²) in [5.41, 5.74) is 1.46. The fourth-order valence-corrected chi connectivity index (χ4v) is 1.75. The predicted molar refractivity (Wildman–Crippen MR) is 73.9 cm³/mol. The normalized spacial score (nSPS) is 12.0. The van der Waals surface area contributed by atoms with Crippen molar-refractivity contribution in [1.82, 2.24) is 4.98 Å². The number of aromatic nitrogens is 1. The SMILES string of the molecule is COc1cc(CO)ccc1Oc1cc([C@@H](C)O)ccn1. The lowest BCUT2D eigenvalue weighted by Crippen LogP contribution is -1.96. The highest BCUT2D eigenvalue weighted by atomic mass is 16.5. The third kappa shape index (κ3) is 3.26. The van der Waals surface area contributed by atoms with Gasteiger partial charge in [-0.1, -0.05) is 6.07 Å². The molecule has 0 unspecified atom stereocenters. The summed E-state index contributed by atoms with van der Waals surface area (Å²) >= 11 is 0. The summed E-state index contributed by atoms with van der Waals surface area (Å²) < 4.78 is 10.9. The number of benzene rings is 1. The van der Waals surface area contributed by atoms with Crippen LogP contribution in [0.3, 0.4) is 0 Å². The van der Waals surface area contributed by atoms with Crippen LogP contribution in [0.2, 0.25) is 0 Å². The first-order chi connectivity index (χ1) is 9.63. The Morgan fingerprint density at radius 2 is 2.00 bits per heavy atom. The molecule has 0 aliphatic carbocycles. The van der Waals surface area contributed by atoms with Crippen molar-refractivity contribution in [3.63, 3.8) is 0 Å². The van der Waals surface area contributed by atoms with E-state index in [0.717, 1.165) is 11.1 Å². The van der Waals surface area contributed by atoms with Crippen molar-refractivity contribution in [3.05, 3.63) is 47.7 Å². The van der Waals surface area contributed by atoms with Gasteiger partial charge in [0.2, 0.25) is 5.88 Å². The van der Waals surface area contributed by atoms with E-state index >= 15 is 0 Å². The molecule has 106 valence electrons. The van der Waals surface area contributed by atoms with E-state index in [1.54, 1.807) is 43.5 Å². The van der Waals surface area contributed by atoms with Crippen LogP contribution in [0.15, 0.2) is 36.5 Å². The summed E-state index contributed by atoms with van der Waals surface area (Å²) in [6.07, 6.45) is 0.991. The van der Waals surface area contributed by atoms with Crippen LogP contribution < -0.4 is 9.47 Å². The van der Waals surface area contributed by atoms with Gasteiger partial charge in [-0.15, -0.1) is 0 Å². The number of rotatable bonds is 5. The zero-order chi connectivity index (χ0) is 14.5. The number of ether oxygens (including phenoxy) is 2. The molecule has 1 heterocycles. The monoisotopic (exact) mass is 275 g/mol. The Balaban J connectivity index is 2.27. The number of aliphatic hydroxyl groups is 2. The summed E-state index contributed by atoms with van der Waals surface area (Å²) in [4.78, 5) is 4.10. The Labute approximate surface area is 117 Å². The van der Waals surface area contributed by atoms with Crippen LogP contribution in [0.1, 0.15) is 24.2 Å². The van der Waals surface area contributed by atoms with Gasteiger partial charge in [0, 0.05) is 12.3 Å². The molecule has 2 N–H and O–H groups in total. The molecule has 0 aliphatic rings. The van der Waals surface area contributed by atoms with Crippen LogP contribution in [-0.4, -0.2) is 22.3 Å². The first-order valence-electron chi connectivity index (χ1n) is 6.23.